The summed E-state index contributed by atoms with van der Waals surface area (Å²) in [5.74, 6) is -4.04. The van der Waals surface area contributed by atoms with Crippen LogP contribution in [0.4, 0.5) is 14.5 Å². The molecule has 0 aliphatic heterocycles. The highest BCUT2D eigenvalue weighted by atomic mass is 19.3. The Labute approximate surface area is 243 Å². The van der Waals surface area contributed by atoms with E-state index in [2.05, 4.69) is 42.3 Å². The lowest BCUT2D eigenvalue weighted by Crippen LogP contribution is -2.19. The maximum absolute atomic E-state index is 14.7. The number of carbonyl (C=O) groups excluding carboxylic acids is 1. The number of carbonyl (C=O) groups is 1. The molecule has 6 rings (SSSR count). The molecule has 1 aliphatic rings. The number of alkyl halides is 2. The zero-order valence-corrected chi connectivity index (χ0v) is 23.7. The van der Waals surface area contributed by atoms with E-state index in [1.165, 1.54) is 18.2 Å². The van der Waals surface area contributed by atoms with E-state index in [-0.39, 0.29) is 22.8 Å². The van der Waals surface area contributed by atoms with Gasteiger partial charge in [-0.1, -0.05) is 60.7 Å². The average Bonchev–Trinajstić information content (AvgIpc) is 3.79. The Morgan fingerprint density at radius 1 is 0.833 bits per heavy atom. The average molecular weight is 564 g/mol. The van der Waals surface area contributed by atoms with Gasteiger partial charge in [-0.05, 0) is 97.3 Å². The first kappa shape index (κ1) is 27.4. The first-order valence-electron chi connectivity index (χ1n) is 14.0. The molecule has 0 radical (unpaired) electrons. The SMILES string of the molecule is Cc1cccc(C)c1-c1cc(-c2ccccc2)cc(-c2nc(C)c(C(=O)Nc3cccc(C(F)(F)C4CC4)c3)n2O)c1. The number of amides is 1. The van der Waals surface area contributed by atoms with Gasteiger partial charge in [-0.3, -0.25) is 4.79 Å². The van der Waals surface area contributed by atoms with Crippen molar-refractivity contribution in [3.8, 4) is 33.6 Å². The fourth-order valence-electron chi connectivity index (χ4n) is 5.61. The second-order valence-electron chi connectivity index (χ2n) is 11.0. The number of hydrogen-bond donors (Lipinski definition) is 2. The van der Waals surface area contributed by atoms with Gasteiger partial charge in [-0.25, -0.2) is 13.8 Å². The summed E-state index contributed by atoms with van der Waals surface area (Å²) in [4.78, 5) is 17.9. The number of benzene rings is 4. The lowest BCUT2D eigenvalue weighted by molar-refractivity contribution is -0.0285. The summed E-state index contributed by atoms with van der Waals surface area (Å²) < 4.78 is 30.2. The Balaban J connectivity index is 1.40. The van der Waals surface area contributed by atoms with Gasteiger partial charge in [0.15, 0.2) is 11.5 Å². The quantitative estimate of drug-likeness (QED) is 0.195. The minimum absolute atomic E-state index is 0.0666. The molecule has 5 nitrogen and oxygen atoms in total. The summed E-state index contributed by atoms with van der Waals surface area (Å²) in [7, 11) is 0. The predicted molar refractivity (Wildman–Crippen MR) is 161 cm³/mol. The first-order chi connectivity index (χ1) is 20.1. The molecular weight excluding hydrogens is 532 g/mol. The molecule has 1 heterocycles. The van der Waals surface area contributed by atoms with Crippen molar-refractivity contribution in [1.82, 2.24) is 9.71 Å². The van der Waals surface area contributed by atoms with Gasteiger partial charge in [-0.2, -0.15) is 4.73 Å². The third-order valence-corrected chi connectivity index (χ3v) is 7.91. The smallest absolute Gasteiger partial charge is 0.277 e. The molecule has 0 atom stereocenters. The lowest BCUT2D eigenvalue weighted by atomic mass is 9.91. The Morgan fingerprint density at radius 3 is 2.17 bits per heavy atom. The number of rotatable bonds is 7. The normalized spacial score (nSPS) is 13.3. The molecular formula is C35H31F2N3O2. The van der Waals surface area contributed by atoms with Crippen LogP contribution in [0, 0.1) is 26.7 Å². The van der Waals surface area contributed by atoms with E-state index in [1.54, 1.807) is 13.0 Å². The van der Waals surface area contributed by atoms with Crippen molar-refractivity contribution in [2.75, 3.05) is 5.32 Å². The third-order valence-electron chi connectivity index (χ3n) is 7.91. The van der Waals surface area contributed by atoms with Crippen LogP contribution in [0.5, 0.6) is 0 Å². The van der Waals surface area contributed by atoms with Gasteiger partial charge in [0.1, 0.15) is 0 Å². The highest BCUT2D eigenvalue weighted by Crippen LogP contribution is 2.50. The van der Waals surface area contributed by atoms with Gasteiger partial charge < -0.3 is 10.5 Å². The molecule has 0 spiro atoms. The van der Waals surface area contributed by atoms with Gasteiger partial charge in [0.25, 0.3) is 11.8 Å². The summed E-state index contributed by atoms with van der Waals surface area (Å²) in [6, 6.07) is 27.8. The van der Waals surface area contributed by atoms with Crippen molar-refractivity contribution >= 4 is 11.6 Å². The summed E-state index contributed by atoms with van der Waals surface area (Å²) in [5, 5.41) is 14.0. The van der Waals surface area contributed by atoms with Crippen LogP contribution in [-0.4, -0.2) is 20.8 Å². The van der Waals surface area contributed by atoms with E-state index >= 15 is 0 Å². The molecule has 1 fully saturated rings. The molecule has 0 saturated heterocycles. The largest absolute Gasteiger partial charge is 0.426 e. The van der Waals surface area contributed by atoms with E-state index in [4.69, 9.17) is 0 Å². The molecule has 0 unspecified atom stereocenters. The summed E-state index contributed by atoms with van der Waals surface area (Å²) in [6.07, 6.45) is 0.984. The molecule has 212 valence electrons. The number of hydrogen-bond acceptors (Lipinski definition) is 3. The highest BCUT2D eigenvalue weighted by Gasteiger charge is 2.48. The van der Waals surface area contributed by atoms with Crippen LogP contribution in [0.1, 0.15) is 45.7 Å². The van der Waals surface area contributed by atoms with Crippen LogP contribution >= 0.6 is 0 Å². The predicted octanol–water partition coefficient (Wildman–Crippen LogP) is 8.80. The number of aromatic nitrogens is 2. The van der Waals surface area contributed by atoms with E-state index in [0.29, 0.717) is 24.1 Å². The summed E-state index contributed by atoms with van der Waals surface area (Å²) in [5.41, 5.74) is 7.18. The van der Waals surface area contributed by atoms with E-state index in [0.717, 1.165) is 38.1 Å². The zero-order valence-electron chi connectivity index (χ0n) is 23.7. The number of aryl methyl sites for hydroxylation is 3. The van der Waals surface area contributed by atoms with Crippen molar-refractivity contribution in [1.29, 1.82) is 0 Å². The van der Waals surface area contributed by atoms with E-state index in [9.17, 15) is 18.8 Å². The van der Waals surface area contributed by atoms with Crippen molar-refractivity contribution in [2.45, 2.75) is 39.5 Å². The molecule has 4 aromatic carbocycles. The lowest BCUT2D eigenvalue weighted by Gasteiger charge is -2.17. The monoisotopic (exact) mass is 563 g/mol. The Hall–Kier alpha value is -4.78. The van der Waals surface area contributed by atoms with Gasteiger partial charge >= 0.3 is 0 Å². The number of imidazole rings is 1. The van der Waals surface area contributed by atoms with Crippen LogP contribution in [-0.2, 0) is 5.92 Å². The topological polar surface area (TPSA) is 67.2 Å². The fourth-order valence-corrected chi connectivity index (χ4v) is 5.61. The second-order valence-corrected chi connectivity index (χ2v) is 11.0. The minimum Gasteiger partial charge on any atom is -0.426 e. The highest BCUT2D eigenvalue weighted by molar-refractivity contribution is 6.04. The van der Waals surface area contributed by atoms with Crippen LogP contribution in [0.15, 0.2) is 91.0 Å². The van der Waals surface area contributed by atoms with E-state index in [1.807, 2.05) is 48.5 Å². The van der Waals surface area contributed by atoms with Crippen molar-refractivity contribution in [2.24, 2.45) is 5.92 Å². The number of nitrogens with one attached hydrogen (secondary N) is 1. The standard InChI is InChI=1S/C35H31F2N3O2/c1-21-9-7-10-22(2)31(21)26-17-25(24-11-5-4-6-12-24)18-27(19-26)33-38-23(3)32(40(33)42)34(41)39-30-14-8-13-29(20-30)35(36,37)28-15-16-28/h4-14,17-20,28,42H,15-16H2,1-3H3,(H,39,41). The molecule has 7 heteroatoms. The maximum Gasteiger partial charge on any atom is 0.277 e. The number of anilines is 1. The molecule has 1 amide bonds. The molecule has 1 saturated carbocycles. The first-order valence-corrected chi connectivity index (χ1v) is 14.0. The Kier molecular flexibility index (Phi) is 6.89. The summed E-state index contributed by atoms with van der Waals surface area (Å²) in [6.45, 7) is 5.76. The molecule has 1 aromatic heterocycles. The zero-order chi connectivity index (χ0) is 29.6. The van der Waals surface area contributed by atoms with Crippen LogP contribution in [0.25, 0.3) is 33.6 Å². The third kappa shape index (κ3) is 5.07. The molecule has 1 aliphatic carbocycles. The maximum atomic E-state index is 14.7. The van der Waals surface area contributed by atoms with Crippen LogP contribution in [0.2, 0.25) is 0 Å². The van der Waals surface area contributed by atoms with Crippen molar-refractivity contribution < 1.29 is 18.8 Å². The van der Waals surface area contributed by atoms with Crippen LogP contribution < -0.4 is 5.32 Å². The number of halogens is 2. The minimum atomic E-state index is -2.94. The van der Waals surface area contributed by atoms with Gasteiger partial charge in [0.2, 0.25) is 0 Å². The van der Waals surface area contributed by atoms with Gasteiger partial charge in [0, 0.05) is 22.7 Å². The van der Waals surface area contributed by atoms with Crippen molar-refractivity contribution in [3.63, 3.8) is 0 Å². The van der Waals surface area contributed by atoms with Gasteiger partial charge in [0.05, 0.1) is 5.69 Å². The van der Waals surface area contributed by atoms with Crippen LogP contribution in [0.3, 0.4) is 0 Å². The fraction of sp³-hybridized carbons (Fsp3) is 0.200. The molecule has 2 N–H and O–H groups in total. The number of nitrogens with zero attached hydrogens (tertiary/aromatic N) is 2. The van der Waals surface area contributed by atoms with E-state index < -0.39 is 17.7 Å². The molecule has 5 aromatic rings. The summed E-state index contributed by atoms with van der Waals surface area (Å²) >= 11 is 0. The Bertz CT molecular complexity index is 1790. The molecule has 0 bridgehead atoms. The van der Waals surface area contributed by atoms with Crippen molar-refractivity contribution in [3.05, 3.63) is 119 Å². The Morgan fingerprint density at radius 2 is 1.48 bits per heavy atom. The van der Waals surface area contributed by atoms with Gasteiger partial charge in [-0.15, -0.1) is 0 Å². The second kappa shape index (κ2) is 10.6. The molecule has 42 heavy (non-hydrogen) atoms.